The minimum Gasteiger partial charge on any atom is -0.359 e. The number of nitrogens with zero attached hydrogens (tertiary/aromatic N) is 1. The fourth-order valence-electron chi connectivity index (χ4n) is 1.26. The predicted octanol–water partition coefficient (Wildman–Crippen LogP) is 2.40. The first-order chi connectivity index (χ1) is 7.20. The molecule has 1 heterocycles. The molecule has 5 heteroatoms. The van der Waals surface area contributed by atoms with E-state index in [1.807, 2.05) is 0 Å². The van der Waals surface area contributed by atoms with Gasteiger partial charge in [-0.3, -0.25) is 0 Å². The maximum Gasteiger partial charge on any atom is 0.200 e. The van der Waals surface area contributed by atoms with Crippen LogP contribution in [0.5, 0.6) is 0 Å². The Kier molecular flexibility index (Phi) is 2.37. The third-order valence-corrected chi connectivity index (χ3v) is 2.04. The Hall–Kier alpha value is -1.91. The van der Waals surface area contributed by atoms with E-state index in [-0.39, 0.29) is 0 Å². The Bertz CT molecular complexity index is 479. The van der Waals surface area contributed by atoms with Gasteiger partial charge in [0.2, 0.25) is 0 Å². The van der Waals surface area contributed by atoms with Gasteiger partial charge < -0.3 is 10.3 Å². The molecule has 1 aromatic heterocycles. The largest absolute Gasteiger partial charge is 0.359 e. The SMILES string of the molecule is CNc1ncc(-c2ccc(F)c(F)c2)[nH]1. The summed E-state index contributed by atoms with van der Waals surface area (Å²) in [6, 6.07) is 3.71. The molecule has 1 aromatic carbocycles. The minimum atomic E-state index is -0.867. The molecule has 3 nitrogen and oxygen atoms in total. The van der Waals surface area contributed by atoms with Gasteiger partial charge in [-0.1, -0.05) is 0 Å². The summed E-state index contributed by atoms with van der Waals surface area (Å²) < 4.78 is 25.6. The van der Waals surface area contributed by atoms with Gasteiger partial charge >= 0.3 is 0 Å². The molecule has 0 saturated heterocycles. The summed E-state index contributed by atoms with van der Waals surface area (Å²) >= 11 is 0. The first kappa shape index (κ1) is 9.64. The summed E-state index contributed by atoms with van der Waals surface area (Å²) in [7, 11) is 1.72. The lowest BCUT2D eigenvalue weighted by molar-refractivity contribution is 0.509. The number of benzene rings is 1. The number of nitrogens with one attached hydrogen (secondary N) is 2. The van der Waals surface area contributed by atoms with Gasteiger partial charge in [-0.2, -0.15) is 0 Å². The van der Waals surface area contributed by atoms with Crippen LogP contribution in [0.3, 0.4) is 0 Å². The van der Waals surface area contributed by atoms with Gasteiger partial charge in [-0.25, -0.2) is 13.8 Å². The van der Waals surface area contributed by atoms with E-state index < -0.39 is 11.6 Å². The number of aromatic amines is 1. The Morgan fingerprint density at radius 2 is 2.07 bits per heavy atom. The maximum absolute atomic E-state index is 12.9. The van der Waals surface area contributed by atoms with Gasteiger partial charge in [0, 0.05) is 12.6 Å². The van der Waals surface area contributed by atoms with E-state index in [0.717, 1.165) is 12.1 Å². The first-order valence-corrected chi connectivity index (χ1v) is 4.39. The topological polar surface area (TPSA) is 40.7 Å². The fourth-order valence-corrected chi connectivity index (χ4v) is 1.26. The fraction of sp³-hybridized carbons (Fsp3) is 0.100. The van der Waals surface area contributed by atoms with Crippen LogP contribution in [0.4, 0.5) is 14.7 Å². The molecule has 2 aromatic rings. The van der Waals surface area contributed by atoms with Crippen LogP contribution in [0.2, 0.25) is 0 Å². The van der Waals surface area contributed by atoms with Crippen LogP contribution in [0.25, 0.3) is 11.3 Å². The number of hydrogen-bond acceptors (Lipinski definition) is 2. The zero-order valence-corrected chi connectivity index (χ0v) is 8.01. The van der Waals surface area contributed by atoms with E-state index in [9.17, 15) is 8.78 Å². The maximum atomic E-state index is 12.9. The second kappa shape index (κ2) is 3.68. The van der Waals surface area contributed by atoms with Crippen molar-refractivity contribution in [2.24, 2.45) is 0 Å². The highest BCUT2D eigenvalue weighted by molar-refractivity contribution is 5.60. The summed E-state index contributed by atoms with van der Waals surface area (Å²) in [5, 5.41) is 2.81. The van der Waals surface area contributed by atoms with Crippen molar-refractivity contribution in [3.8, 4) is 11.3 Å². The number of anilines is 1. The van der Waals surface area contributed by atoms with Crippen LogP contribution < -0.4 is 5.32 Å². The molecule has 0 spiro atoms. The summed E-state index contributed by atoms with van der Waals surface area (Å²) in [4.78, 5) is 6.89. The van der Waals surface area contributed by atoms with Crippen molar-refractivity contribution in [2.75, 3.05) is 12.4 Å². The van der Waals surface area contributed by atoms with E-state index in [0.29, 0.717) is 17.2 Å². The second-order valence-corrected chi connectivity index (χ2v) is 3.02. The average Bonchev–Trinajstić information content (AvgIpc) is 2.70. The molecule has 0 atom stereocenters. The smallest absolute Gasteiger partial charge is 0.200 e. The van der Waals surface area contributed by atoms with Crippen molar-refractivity contribution in [3.63, 3.8) is 0 Å². The third-order valence-electron chi connectivity index (χ3n) is 2.04. The van der Waals surface area contributed by atoms with E-state index in [4.69, 9.17) is 0 Å². The third kappa shape index (κ3) is 1.81. The number of aromatic nitrogens is 2. The summed E-state index contributed by atoms with van der Waals surface area (Å²) in [6.45, 7) is 0. The van der Waals surface area contributed by atoms with Crippen molar-refractivity contribution >= 4 is 5.95 Å². The summed E-state index contributed by atoms with van der Waals surface area (Å²) in [5.41, 5.74) is 1.20. The Balaban J connectivity index is 2.40. The molecule has 0 aliphatic rings. The van der Waals surface area contributed by atoms with E-state index in [1.54, 1.807) is 13.2 Å². The van der Waals surface area contributed by atoms with Crippen LogP contribution in [0.15, 0.2) is 24.4 Å². The van der Waals surface area contributed by atoms with Gasteiger partial charge in [0.25, 0.3) is 0 Å². The highest BCUT2D eigenvalue weighted by atomic mass is 19.2. The highest BCUT2D eigenvalue weighted by Crippen LogP contribution is 2.20. The first-order valence-electron chi connectivity index (χ1n) is 4.39. The molecule has 2 rings (SSSR count). The normalized spacial score (nSPS) is 10.3. The lowest BCUT2D eigenvalue weighted by Gasteiger charge is -1.98. The Morgan fingerprint density at radius 1 is 1.27 bits per heavy atom. The molecule has 0 amide bonds. The number of H-pyrrole nitrogens is 1. The van der Waals surface area contributed by atoms with Gasteiger partial charge in [0.15, 0.2) is 17.6 Å². The molecular formula is C10H9F2N3. The molecular weight excluding hydrogens is 200 g/mol. The van der Waals surface area contributed by atoms with E-state index >= 15 is 0 Å². The van der Waals surface area contributed by atoms with Crippen molar-refractivity contribution < 1.29 is 8.78 Å². The van der Waals surface area contributed by atoms with Gasteiger partial charge in [-0.15, -0.1) is 0 Å². The van der Waals surface area contributed by atoms with Crippen molar-refractivity contribution in [2.45, 2.75) is 0 Å². The molecule has 0 radical (unpaired) electrons. The van der Waals surface area contributed by atoms with Crippen LogP contribution in [0, 0.1) is 11.6 Å². The zero-order chi connectivity index (χ0) is 10.8. The molecule has 2 N–H and O–H groups in total. The predicted molar refractivity (Wildman–Crippen MR) is 53.5 cm³/mol. The molecule has 0 aliphatic heterocycles. The van der Waals surface area contributed by atoms with Crippen LogP contribution in [-0.2, 0) is 0 Å². The van der Waals surface area contributed by atoms with Gasteiger partial charge in [-0.05, 0) is 18.2 Å². The summed E-state index contributed by atoms with van der Waals surface area (Å²) in [6.07, 6.45) is 1.55. The number of imidazole rings is 1. The van der Waals surface area contributed by atoms with Crippen molar-refractivity contribution in [1.29, 1.82) is 0 Å². The molecule has 0 saturated carbocycles. The number of halogens is 2. The molecule has 0 unspecified atom stereocenters. The minimum absolute atomic E-state index is 0.558. The van der Waals surface area contributed by atoms with E-state index in [2.05, 4.69) is 15.3 Å². The molecule has 0 fully saturated rings. The average molecular weight is 209 g/mol. The Labute approximate surface area is 85.2 Å². The number of rotatable bonds is 2. The quantitative estimate of drug-likeness (QED) is 0.797. The monoisotopic (exact) mass is 209 g/mol. The van der Waals surface area contributed by atoms with Crippen molar-refractivity contribution in [3.05, 3.63) is 36.0 Å². The molecule has 15 heavy (non-hydrogen) atoms. The highest BCUT2D eigenvalue weighted by Gasteiger charge is 2.06. The molecule has 78 valence electrons. The zero-order valence-electron chi connectivity index (χ0n) is 8.01. The Morgan fingerprint density at radius 3 is 2.67 bits per heavy atom. The van der Waals surface area contributed by atoms with E-state index in [1.165, 1.54) is 6.07 Å². The van der Waals surface area contributed by atoms with Crippen LogP contribution >= 0.6 is 0 Å². The standard InChI is InChI=1S/C10H9F2N3/c1-13-10-14-5-9(15-10)6-2-3-7(11)8(12)4-6/h2-5H,1H3,(H2,13,14,15). The van der Waals surface area contributed by atoms with Crippen LogP contribution in [0.1, 0.15) is 0 Å². The van der Waals surface area contributed by atoms with Crippen LogP contribution in [-0.4, -0.2) is 17.0 Å². The lowest BCUT2D eigenvalue weighted by Crippen LogP contribution is -1.89. The molecule has 0 bridgehead atoms. The van der Waals surface area contributed by atoms with Gasteiger partial charge in [0.05, 0.1) is 11.9 Å². The summed E-state index contributed by atoms with van der Waals surface area (Å²) in [5.74, 6) is -1.14. The second-order valence-electron chi connectivity index (χ2n) is 3.02. The lowest BCUT2D eigenvalue weighted by atomic mass is 10.1. The number of hydrogen-bond donors (Lipinski definition) is 2. The van der Waals surface area contributed by atoms with Crippen molar-refractivity contribution in [1.82, 2.24) is 9.97 Å². The molecule has 0 aliphatic carbocycles. The van der Waals surface area contributed by atoms with Gasteiger partial charge in [0.1, 0.15) is 0 Å².